The fourth-order valence-corrected chi connectivity index (χ4v) is 2.41. The van der Waals surface area contributed by atoms with Gasteiger partial charge in [0.2, 0.25) is 5.91 Å². The van der Waals surface area contributed by atoms with Crippen molar-refractivity contribution in [1.82, 2.24) is 5.32 Å². The molecule has 1 aliphatic carbocycles. The van der Waals surface area contributed by atoms with E-state index in [0.29, 0.717) is 19.3 Å². The van der Waals surface area contributed by atoms with Crippen LogP contribution in [0.2, 0.25) is 0 Å². The highest BCUT2D eigenvalue weighted by molar-refractivity contribution is 5.78. The van der Waals surface area contributed by atoms with Gasteiger partial charge in [-0.2, -0.15) is 0 Å². The summed E-state index contributed by atoms with van der Waals surface area (Å²) in [6, 6.07) is 7.86. The van der Waals surface area contributed by atoms with Crippen LogP contribution >= 0.6 is 0 Å². The van der Waals surface area contributed by atoms with Gasteiger partial charge in [0, 0.05) is 12.5 Å². The molecule has 0 fully saturated rings. The predicted octanol–water partition coefficient (Wildman–Crippen LogP) is 2.07. The van der Waals surface area contributed by atoms with Crippen LogP contribution in [0.3, 0.4) is 0 Å². The molecule has 1 amide bonds. The number of carbonyl (C=O) groups is 2. The summed E-state index contributed by atoms with van der Waals surface area (Å²) in [6.07, 6.45) is 4.99. The van der Waals surface area contributed by atoms with Crippen LogP contribution in [-0.4, -0.2) is 23.0 Å². The minimum absolute atomic E-state index is 0.0334. The lowest BCUT2D eigenvalue weighted by Crippen LogP contribution is -2.33. The number of aryl methyl sites for hydroxylation is 2. The Morgan fingerprint density at radius 1 is 1.30 bits per heavy atom. The van der Waals surface area contributed by atoms with E-state index in [2.05, 4.69) is 5.32 Å². The van der Waals surface area contributed by atoms with Gasteiger partial charge in [0.15, 0.2) is 0 Å². The maximum Gasteiger partial charge on any atom is 0.310 e. The number of nitrogens with one attached hydrogen (secondary N) is 1. The van der Waals surface area contributed by atoms with Gasteiger partial charge in [0.05, 0.1) is 5.92 Å². The van der Waals surface area contributed by atoms with E-state index in [9.17, 15) is 9.59 Å². The fraction of sp³-hybridized carbons (Fsp3) is 0.375. The third-order valence-corrected chi connectivity index (χ3v) is 3.63. The zero-order valence-corrected chi connectivity index (χ0v) is 11.5. The largest absolute Gasteiger partial charge is 0.481 e. The minimum Gasteiger partial charge on any atom is -0.481 e. The van der Waals surface area contributed by atoms with Crippen LogP contribution in [0, 0.1) is 12.8 Å². The van der Waals surface area contributed by atoms with Crippen molar-refractivity contribution in [2.45, 2.75) is 32.2 Å². The van der Waals surface area contributed by atoms with Crippen LogP contribution in [0.15, 0.2) is 36.4 Å². The Bertz CT molecular complexity index is 536. The first kappa shape index (κ1) is 14.3. The number of amides is 1. The van der Waals surface area contributed by atoms with Crippen molar-refractivity contribution in [3.8, 4) is 0 Å². The molecule has 0 radical (unpaired) electrons. The van der Waals surface area contributed by atoms with Crippen molar-refractivity contribution >= 4 is 11.9 Å². The summed E-state index contributed by atoms with van der Waals surface area (Å²) in [5.41, 5.74) is 2.36. The summed E-state index contributed by atoms with van der Waals surface area (Å²) in [7, 11) is 0. The van der Waals surface area contributed by atoms with Gasteiger partial charge >= 0.3 is 5.97 Å². The third kappa shape index (κ3) is 3.70. The zero-order chi connectivity index (χ0) is 14.5. The van der Waals surface area contributed by atoms with Gasteiger partial charge in [-0.05, 0) is 30.9 Å². The second-order valence-electron chi connectivity index (χ2n) is 5.17. The SMILES string of the molecule is Cc1ccccc1CCC(=O)NC1C=CC(C(=O)O)C1. The molecule has 1 aromatic rings. The smallest absolute Gasteiger partial charge is 0.310 e. The van der Waals surface area contributed by atoms with Crippen molar-refractivity contribution in [1.29, 1.82) is 0 Å². The Hall–Kier alpha value is -2.10. The first-order valence-electron chi connectivity index (χ1n) is 6.81. The normalized spacial score (nSPS) is 20.9. The van der Waals surface area contributed by atoms with Crippen molar-refractivity contribution in [3.63, 3.8) is 0 Å². The highest BCUT2D eigenvalue weighted by atomic mass is 16.4. The van der Waals surface area contributed by atoms with Crippen LogP contribution in [0.1, 0.15) is 24.0 Å². The highest BCUT2D eigenvalue weighted by Gasteiger charge is 2.25. The quantitative estimate of drug-likeness (QED) is 0.807. The van der Waals surface area contributed by atoms with Crippen molar-refractivity contribution in [2.24, 2.45) is 5.92 Å². The molecule has 2 unspecified atom stereocenters. The van der Waals surface area contributed by atoms with Crippen LogP contribution in [0.4, 0.5) is 0 Å². The molecule has 4 nitrogen and oxygen atoms in total. The fourth-order valence-electron chi connectivity index (χ4n) is 2.41. The molecule has 0 aliphatic heterocycles. The van der Waals surface area contributed by atoms with E-state index in [1.165, 1.54) is 11.1 Å². The number of aliphatic carboxylic acids is 1. The molecule has 2 rings (SSSR count). The van der Waals surface area contributed by atoms with Crippen LogP contribution < -0.4 is 5.32 Å². The molecular weight excluding hydrogens is 254 g/mol. The van der Waals surface area contributed by atoms with Gasteiger partial charge in [0.25, 0.3) is 0 Å². The zero-order valence-electron chi connectivity index (χ0n) is 11.5. The van der Waals surface area contributed by atoms with Crippen LogP contribution in [0.25, 0.3) is 0 Å². The predicted molar refractivity (Wildman–Crippen MR) is 76.3 cm³/mol. The minimum atomic E-state index is -0.835. The highest BCUT2D eigenvalue weighted by Crippen LogP contribution is 2.18. The molecule has 0 bridgehead atoms. The van der Waals surface area contributed by atoms with E-state index in [1.807, 2.05) is 31.2 Å². The Labute approximate surface area is 118 Å². The maximum atomic E-state index is 11.9. The summed E-state index contributed by atoms with van der Waals surface area (Å²) in [4.78, 5) is 22.7. The van der Waals surface area contributed by atoms with Crippen molar-refractivity contribution in [2.75, 3.05) is 0 Å². The lowest BCUT2D eigenvalue weighted by molar-refractivity contribution is -0.140. The monoisotopic (exact) mass is 273 g/mol. The van der Waals surface area contributed by atoms with Crippen LogP contribution in [-0.2, 0) is 16.0 Å². The van der Waals surface area contributed by atoms with Crippen molar-refractivity contribution in [3.05, 3.63) is 47.5 Å². The molecule has 0 heterocycles. The topological polar surface area (TPSA) is 66.4 Å². The molecule has 2 N–H and O–H groups in total. The maximum absolute atomic E-state index is 11.9. The number of carboxylic acids is 1. The molecule has 0 saturated heterocycles. The molecular formula is C16H19NO3. The standard InChI is InChI=1S/C16H19NO3/c1-11-4-2-3-5-12(11)7-9-15(18)17-14-8-6-13(10-14)16(19)20/h2-6,8,13-14H,7,9-10H2,1H3,(H,17,18)(H,19,20). The number of hydrogen-bond acceptors (Lipinski definition) is 2. The number of rotatable bonds is 5. The Balaban J connectivity index is 1.78. The van der Waals surface area contributed by atoms with Gasteiger partial charge < -0.3 is 10.4 Å². The lowest BCUT2D eigenvalue weighted by Gasteiger charge is -2.12. The van der Waals surface area contributed by atoms with E-state index in [4.69, 9.17) is 5.11 Å². The van der Waals surface area contributed by atoms with E-state index < -0.39 is 11.9 Å². The van der Waals surface area contributed by atoms with Gasteiger partial charge in [-0.1, -0.05) is 36.4 Å². The Morgan fingerprint density at radius 2 is 2.05 bits per heavy atom. The van der Waals surface area contributed by atoms with Crippen molar-refractivity contribution < 1.29 is 14.7 Å². The number of carboxylic acid groups (broad SMARTS) is 1. The molecule has 4 heteroatoms. The molecule has 20 heavy (non-hydrogen) atoms. The summed E-state index contributed by atoms with van der Waals surface area (Å²) in [5.74, 6) is -1.34. The Morgan fingerprint density at radius 3 is 2.70 bits per heavy atom. The molecule has 1 aromatic carbocycles. The van der Waals surface area contributed by atoms with Crippen LogP contribution in [0.5, 0.6) is 0 Å². The van der Waals surface area contributed by atoms with E-state index in [-0.39, 0.29) is 11.9 Å². The summed E-state index contributed by atoms with van der Waals surface area (Å²) >= 11 is 0. The van der Waals surface area contributed by atoms with Gasteiger partial charge in [0.1, 0.15) is 0 Å². The summed E-state index contributed by atoms with van der Waals surface area (Å²) in [6.45, 7) is 2.03. The Kier molecular flexibility index (Phi) is 4.56. The molecule has 0 saturated carbocycles. The summed E-state index contributed by atoms with van der Waals surface area (Å²) in [5, 5.41) is 11.7. The molecule has 1 aliphatic rings. The lowest BCUT2D eigenvalue weighted by atomic mass is 10.0. The number of hydrogen-bond donors (Lipinski definition) is 2. The van der Waals surface area contributed by atoms with E-state index in [1.54, 1.807) is 12.2 Å². The van der Waals surface area contributed by atoms with E-state index >= 15 is 0 Å². The first-order valence-corrected chi connectivity index (χ1v) is 6.81. The van der Waals surface area contributed by atoms with Gasteiger partial charge in [-0.25, -0.2) is 0 Å². The molecule has 2 atom stereocenters. The average molecular weight is 273 g/mol. The molecule has 0 aromatic heterocycles. The second-order valence-corrected chi connectivity index (χ2v) is 5.17. The average Bonchev–Trinajstić information content (AvgIpc) is 2.86. The van der Waals surface area contributed by atoms with Gasteiger partial charge in [-0.3, -0.25) is 9.59 Å². The summed E-state index contributed by atoms with van der Waals surface area (Å²) < 4.78 is 0. The molecule has 0 spiro atoms. The second kappa shape index (κ2) is 6.37. The first-order chi connectivity index (χ1) is 9.56. The van der Waals surface area contributed by atoms with E-state index in [0.717, 1.165) is 0 Å². The third-order valence-electron chi connectivity index (χ3n) is 3.63. The molecule has 106 valence electrons. The number of benzene rings is 1. The number of carbonyl (C=O) groups excluding carboxylic acids is 1. The van der Waals surface area contributed by atoms with Gasteiger partial charge in [-0.15, -0.1) is 0 Å².